The second-order valence-corrected chi connectivity index (χ2v) is 11.7. The van der Waals surface area contributed by atoms with Crippen LogP contribution in [0.4, 0.5) is 5.69 Å². The van der Waals surface area contributed by atoms with Gasteiger partial charge < -0.3 is 5.32 Å². The zero-order chi connectivity index (χ0) is 24.3. The van der Waals surface area contributed by atoms with E-state index in [0.717, 1.165) is 35.4 Å². The number of nitrogens with zero attached hydrogens (tertiary/aromatic N) is 2. The largest absolute Gasteiger partial charge is 0.385 e. The summed E-state index contributed by atoms with van der Waals surface area (Å²) in [4.78, 5) is 29.7. The average molecular weight is 516 g/mol. The molecule has 0 atom stereocenters. The number of carbonyl (C=O) groups excluding carboxylic acids is 1. The number of sulfone groups is 1. The third-order valence-corrected chi connectivity index (χ3v) is 8.64. The highest BCUT2D eigenvalue weighted by Crippen LogP contribution is 2.26. The molecule has 0 unspecified atom stereocenters. The first-order valence-electron chi connectivity index (χ1n) is 10.6. The van der Waals surface area contributed by atoms with E-state index in [1.807, 2.05) is 18.2 Å². The monoisotopic (exact) mass is 515 g/mol. The number of Topliss-reactive ketones (excluding diaryl/α,β-unsaturated/α-hetero) is 1. The van der Waals surface area contributed by atoms with Gasteiger partial charge >= 0.3 is 0 Å². The highest BCUT2D eigenvalue weighted by molar-refractivity contribution is 7.94. The first kappa shape index (κ1) is 24.1. The molecule has 7 nitrogen and oxygen atoms in total. The number of rotatable bonds is 9. The van der Waals surface area contributed by atoms with Crippen LogP contribution >= 0.6 is 22.9 Å². The Kier molecular flexibility index (Phi) is 7.16. The van der Waals surface area contributed by atoms with Gasteiger partial charge in [0.05, 0.1) is 4.34 Å². The summed E-state index contributed by atoms with van der Waals surface area (Å²) in [6.45, 7) is 2.94. The molecule has 3 heterocycles. The predicted molar refractivity (Wildman–Crippen MR) is 136 cm³/mol. The van der Waals surface area contributed by atoms with E-state index >= 15 is 0 Å². The number of anilines is 1. The van der Waals surface area contributed by atoms with Crippen molar-refractivity contribution in [3.63, 3.8) is 0 Å². The standard InChI is InChI=1S/C24H22ClN3O4S2/c1-2-10-26-18-4-5-20-17(13-18)9-11-28(24(20)30)22-7-3-16(14-27-22)12-19(29)15-34(31,32)23-8-6-21(25)33-23/h3-9,11,13-14,26H,2,10,12,15H2,1H3. The summed E-state index contributed by atoms with van der Waals surface area (Å²) in [6, 6.07) is 13.7. The smallest absolute Gasteiger partial charge is 0.264 e. The van der Waals surface area contributed by atoms with Crippen LogP contribution in [0.3, 0.4) is 0 Å². The average Bonchev–Trinajstić information content (AvgIpc) is 3.25. The van der Waals surface area contributed by atoms with Crippen molar-refractivity contribution < 1.29 is 13.2 Å². The molecule has 4 rings (SSSR count). The Labute approximate surface area is 206 Å². The fraction of sp³-hybridized carbons (Fsp3) is 0.208. The van der Waals surface area contributed by atoms with Gasteiger partial charge in [-0.1, -0.05) is 24.6 Å². The van der Waals surface area contributed by atoms with Gasteiger partial charge in [-0.3, -0.25) is 14.2 Å². The van der Waals surface area contributed by atoms with E-state index in [9.17, 15) is 18.0 Å². The van der Waals surface area contributed by atoms with Gasteiger partial charge in [0.1, 0.15) is 15.8 Å². The Morgan fingerprint density at radius 2 is 1.97 bits per heavy atom. The van der Waals surface area contributed by atoms with Gasteiger partial charge in [0.25, 0.3) is 5.56 Å². The lowest BCUT2D eigenvalue weighted by Gasteiger charge is -2.09. The summed E-state index contributed by atoms with van der Waals surface area (Å²) < 4.78 is 26.6. The molecule has 0 fully saturated rings. The van der Waals surface area contributed by atoms with Crippen LogP contribution in [-0.4, -0.2) is 36.0 Å². The Morgan fingerprint density at radius 1 is 1.15 bits per heavy atom. The van der Waals surface area contributed by atoms with Crippen LogP contribution in [0.15, 0.2) is 69.9 Å². The van der Waals surface area contributed by atoms with Gasteiger partial charge in [0, 0.05) is 36.4 Å². The number of nitrogens with one attached hydrogen (secondary N) is 1. The SMILES string of the molecule is CCCNc1ccc2c(=O)n(-c3ccc(CC(=O)CS(=O)(=O)c4ccc(Cl)s4)cn3)ccc2c1. The fourth-order valence-corrected chi connectivity index (χ4v) is 6.31. The van der Waals surface area contributed by atoms with Crippen LogP contribution in [0.2, 0.25) is 4.34 Å². The maximum atomic E-state index is 13.0. The molecule has 10 heteroatoms. The van der Waals surface area contributed by atoms with Crippen molar-refractivity contribution in [3.05, 3.63) is 81.2 Å². The van der Waals surface area contributed by atoms with Crippen molar-refractivity contribution in [3.8, 4) is 5.82 Å². The van der Waals surface area contributed by atoms with Gasteiger partial charge in [-0.2, -0.15) is 0 Å². The van der Waals surface area contributed by atoms with Crippen molar-refractivity contribution in [2.75, 3.05) is 17.6 Å². The highest BCUT2D eigenvalue weighted by atomic mass is 35.5. The summed E-state index contributed by atoms with van der Waals surface area (Å²) in [5.41, 5.74) is 1.33. The number of ketones is 1. The molecule has 34 heavy (non-hydrogen) atoms. The number of halogens is 1. The van der Waals surface area contributed by atoms with Gasteiger partial charge in [0.15, 0.2) is 15.6 Å². The highest BCUT2D eigenvalue weighted by Gasteiger charge is 2.21. The zero-order valence-electron chi connectivity index (χ0n) is 18.3. The molecule has 0 bridgehead atoms. The molecule has 1 N–H and O–H groups in total. The topological polar surface area (TPSA) is 98.1 Å². The Hall–Kier alpha value is -3.01. The van der Waals surface area contributed by atoms with E-state index < -0.39 is 21.4 Å². The number of fused-ring (bicyclic) bond motifs is 1. The number of hydrogen-bond acceptors (Lipinski definition) is 7. The first-order valence-corrected chi connectivity index (χ1v) is 13.5. The number of aromatic nitrogens is 2. The van der Waals surface area contributed by atoms with Crippen LogP contribution < -0.4 is 10.9 Å². The molecule has 1 aromatic carbocycles. The molecule has 4 aromatic rings. The summed E-state index contributed by atoms with van der Waals surface area (Å²) in [7, 11) is -3.73. The van der Waals surface area contributed by atoms with Crippen molar-refractivity contribution in [2.24, 2.45) is 0 Å². The number of thiophene rings is 1. The van der Waals surface area contributed by atoms with Crippen molar-refractivity contribution >= 4 is 55.0 Å². The molecule has 0 aliphatic carbocycles. The minimum absolute atomic E-state index is 0.0725. The van der Waals surface area contributed by atoms with Gasteiger partial charge in [-0.05, 0) is 59.8 Å². The van der Waals surface area contributed by atoms with Crippen LogP contribution in [0.1, 0.15) is 18.9 Å². The van der Waals surface area contributed by atoms with Crippen LogP contribution in [-0.2, 0) is 21.1 Å². The van der Waals surface area contributed by atoms with E-state index in [1.54, 1.807) is 24.4 Å². The van der Waals surface area contributed by atoms with E-state index in [-0.39, 0.29) is 16.2 Å². The molecule has 0 radical (unpaired) electrons. The van der Waals surface area contributed by atoms with E-state index in [4.69, 9.17) is 11.6 Å². The summed E-state index contributed by atoms with van der Waals surface area (Å²) in [6.07, 6.45) is 4.08. The molecule has 0 aliphatic rings. The van der Waals surface area contributed by atoms with Crippen LogP contribution in [0, 0.1) is 0 Å². The number of hydrogen-bond donors (Lipinski definition) is 1. The summed E-state index contributed by atoms with van der Waals surface area (Å²) >= 11 is 6.73. The Bertz CT molecular complexity index is 1510. The minimum Gasteiger partial charge on any atom is -0.385 e. The first-order chi connectivity index (χ1) is 16.3. The lowest BCUT2D eigenvalue weighted by atomic mass is 10.1. The molecule has 0 spiro atoms. The molecule has 0 amide bonds. The number of pyridine rings is 2. The molecular formula is C24H22ClN3O4S2. The van der Waals surface area contributed by atoms with Gasteiger partial charge in [0.2, 0.25) is 0 Å². The minimum atomic E-state index is -3.73. The van der Waals surface area contributed by atoms with Crippen molar-refractivity contribution in [1.29, 1.82) is 0 Å². The van der Waals surface area contributed by atoms with Crippen molar-refractivity contribution in [2.45, 2.75) is 24.0 Å². The van der Waals surface area contributed by atoms with Crippen LogP contribution in [0.25, 0.3) is 16.6 Å². The third kappa shape index (κ3) is 5.38. The Morgan fingerprint density at radius 3 is 2.65 bits per heavy atom. The van der Waals surface area contributed by atoms with E-state index in [0.29, 0.717) is 21.1 Å². The predicted octanol–water partition coefficient (Wildman–Crippen LogP) is 4.51. The third-order valence-electron chi connectivity index (χ3n) is 5.15. The second kappa shape index (κ2) is 10.1. The van der Waals surface area contributed by atoms with Crippen LogP contribution in [0.5, 0.6) is 0 Å². The summed E-state index contributed by atoms with van der Waals surface area (Å²) in [5.74, 6) is -0.642. The quantitative estimate of drug-likeness (QED) is 0.352. The molecule has 0 aliphatic heterocycles. The second-order valence-electron chi connectivity index (χ2n) is 7.78. The number of benzene rings is 1. The normalized spacial score (nSPS) is 11.6. The molecular weight excluding hydrogens is 494 g/mol. The molecule has 176 valence electrons. The van der Waals surface area contributed by atoms with Gasteiger partial charge in [-0.15, -0.1) is 11.3 Å². The van der Waals surface area contributed by atoms with Crippen molar-refractivity contribution in [1.82, 2.24) is 9.55 Å². The maximum absolute atomic E-state index is 13.0. The maximum Gasteiger partial charge on any atom is 0.264 e. The van der Waals surface area contributed by atoms with E-state index in [2.05, 4.69) is 17.2 Å². The molecule has 0 saturated heterocycles. The lowest BCUT2D eigenvalue weighted by Crippen LogP contribution is -2.19. The number of carbonyl (C=O) groups is 1. The lowest BCUT2D eigenvalue weighted by molar-refractivity contribution is -0.116. The summed E-state index contributed by atoms with van der Waals surface area (Å²) in [5, 5.41) is 4.71. The fourth-order valence-electron chi connectivity index (χ4n) is 3.50. The molecule has 0 saturated carbocycles. The Balaban J connectivity index is 1.49. The van der Waals surface area contributed by atoms with E-state index in [1.165, 1.54) is 22.9 Å². The zero-order valence-corrected chi connectivity index (χ0v) is 20.7. The van der Waals surface area contributed by atoms with Gasteiger partial charge in [-0.25, -0.2) is 13.4 Å². The molecule has 3 aromatic heterocycles.